The molecule has 0 spiro atoms. The molecule has 0 bridgehead atoms. The molecule has 0 aromatic heterocycles. The fraction of sp³-hybridized carbons (Fsp3) is 0.250. The van der Waals surface area contributed by atoms with Gasteiger partial charge < -0.3 is 16.0 Å². The Morgan fingerprint density at radius 1 is 1.15 bits per heavy atom. The summed E-state index contributed by atoms with van der Waals surface area (Å²) in [5.41, 5.74) is 9.35. The Bertz CT molecular complexity index is 552. The maximum Gasteiger partial charge on any atom is 0.0636 e. The third-order valence-electron chi connectivity index (χ3n) is 3.21. The summed E-state index contributed by atoms with van der Waals surface area (Å²) < 4.78 is 1.06. The van der Waals surface area contributed by atoms with Gasteiger partial charge in [0.15, 0.2) is 0 Å². The van der Waals surface area contributed by atoms with E-state index in [-0.39, 0.29) is 6.04 Å². The van der Waals surface area contributed by atoms with E-state index in [1.807, 2.05) is 32.3 Å². The Hall–Kier alpha value is -1.52. The monoisotopic (exact) mass is 333 g/mol. The van der Waals surface area contributed by atoms with E-state index in [1.54, 1.807) is 0 Å². The number of hydrogen-bond acceptors (Lipinski definition) is 3. The van der Waals surface area contributed by atoms with Gasteiger partial charge in [0.05, 0.1) is 6.04 Å². The Balaban J connectivity index is 2.15. The topological polar surface area (TPSA) is 41.3 Å². The molecular formula is C16H20BrN3. The summed E-state index contributed by atoms with van der Waals surface area (Å²) in [4.78, 5) is 2.09. The minimum absolute atomic E-state index is 0.112. The molecule has 0 aliphatic heterocycles. The van der Waals surface area contributed by atoms with E-state index < -0.39 is 0 Å². The van der Waals surface area contributed by atoms with Crippen molar-refractivity contribution >= 4 is 27.3 Å². The molecular weight excluding hydrogens is 314 g/mol. The van der Waals surface area contributed by atoms with Crippen molar-refractivity contribution in [3.63, 3.8) is 0 Å². The molecule has 2 aromatic rings. The van der Waals surface area contributed by atoms with E-state index in [9.17, 15) is 0 Å². The summed E-state index contributed by atoms with van der Waals surface area (Å²) in [6.07, 6.45) is 0. The molecule has 2 aromatic carbocycles. The molecule has 0 aliphatic carbocycles. The number of rotatable bonds is 5. The van der Waals surface area contributed by atoms with Crippen LogP contribution in [0.25, 0.3) is 0 Å². The molecule has 0 saturated carbocycles. The van der Waals surface area contributed by atoms with Gasteiger partial charge in [-0.1, -0.05) is 34.1 Å². The Kier molecular flexibility index (Phi) is 5.04. The smallest absolute Gasteiger partial charge is 0.0636 e. The average molecular weight is 334 g/mol. The molecule has 106 valence electrons. The highest BCUT2D eigenvalue weighted by Crippen LogP contribution is 2.23. The maximum absolute atomic E-state index is 5.90. The van der Waals surface area contributed by atoms with E-state index in [4.69, 9.17) is 5.73 Å². The van der Waals surface area contributed by atoms with Crippen LogP contribution < -0.4 is 16.0 Å². The van der Waals surface area contributed by atoms with Crippen LogP contribution >= 0.6 is 15.9 Å². The normalized spacial score (nSPS) is 12.0. The van der Waals surface area contributed by atoms with Gasteiger partial charge in [-0.2, -0.15) is 0 Å². The third kappa shape index (κ3) is 3.74. The minimum atomic E-state index is 0.112. The van der Waals surface area contributed by atoms with Gasteiger partial charge in [0.1, 0.15) is 0 Å². The van der Waals surface area contributed by atoms with Crippen LogP contribution in [0.4, 0.5) is 11.4 Å². The molecule has 0 saturated heterocycles. The standard InChI is InChI=1S/C16H20BrN3/c1-20(2)15-8-6-12(7-9-15)16(11-18)19-14-5-3-4-13(17)10-14/h3-10,16,19H,11,18H2,1-2H3. The molecule has 0 heterocycles. The van der Waals surface area contributed by atoms with Gasteiger partial charge in [0.2, 0.25) is 0 Å². The van der Waals surface area contributed by atoms with Gasteiger partial charge in [0.25, 0.3) is 0 Å². The molecule has 1 atom stereocenters. The van der Waals surface area contributed by atoms with Gasteiger partial charge in [-0.3, -0.25) is 0 Å². The zero-order valence-corrected chi connectivity index (χ0v) is 13.4. The third-order valence-corrected chi connectivity index (χ3v) is 3.71. The quantitative estimate of drug-likeness (QED) is 0.877. The van der Waals surface area contributed by atoms with E-state index in [2.05, 4.69) is 56.5 Å². The highest BCUT2D eigenvalue weighted by atomic mass is 79.9. The van der Waals surface area contributed by atoms with Gasteiger partial charge in [0, 0.05) is 36.5 Å². The van der Waals surface area contributed by atoms with Gasteiger partial charge in [-0.15, -0.1) is 0 Å². The summed E-state index contributed by atoms with van der Waals surface area (Å²) in [5.74, 6) is 0. The maximum atomic E-state index is 5.90. The summed E-state index contributed by atoms with van der Waals surface area (Å²) in [6.45, 7) is 0.549. The molecule has 2 rings (SSSR count). The lowest BCUT2D eigenvalue weighted by Gasteiger charge is -2.20. The average Bonchev–Trinajstić information content (AvgIpc) is 2.45. The second-order valence-electron chi connectivity index (χ2n) is 4.93. The fourth-order valence-electron chi connectivity index (χ4n) is 2.06. The van der Waals surface area contributed by atoms with E-state index in [0.29, 0.717) is 6.54 Å². The lowest BCUT2D eigenvalue weighted by molar-refractivity contribution is 0.790. The van der Waals surface area contributed by atoms with Crippen molar-refractivity contribution in [3.05, 3.63) is 58.6 Å². The number of nitrogens with one attached hydrogen (secondary N) is 1. The lowest BCUT2D eigenvalue weighted by atomic mass is 10.1. The zero-order chi connectivity index (χ0) is 14.5. The molecule has 20 heavy (non-hydrogen) atoms. The number of halogens is 1. The number of nitrogens with two attached hydrogens (primary N) is 1. The molecule has 4 heteroatoms. The highest BCUT2D eigenvalue weighted by molar-refractivity contribution is 9.10. The second kappa shape index (κ2) is 6.77. The van der Waals surface area contributed by atoms with E-state index in [1.165, 1.54) is 11.3 Å². The van der Waals surface area contributed by atoms with Crippen LogP contribution in [0.3, 0.4) is 0 Å². The lowest BCUT2D eigenvalue weighted by Crippen LogP contribution is -2.20. The summed E-state index contributed by atoms with van der Waals surface area (Å²) in [7, 11) is 4.07. The van der Waals surface area contributed by atoms with Crippen molar-refractivity contribution in [3.8, 4) is 0 Å². The molecule has 0 amide bonds. The van der Waals surface area contributed by atoms with Crippen LogP contribution in [0.2, 0.25) is 0 Å². The van der Waals surface area contributed by atoms with E-state index in [0.717, 1.165) is 10.2 Å². The minimum Gasteiger partial charge on any atom is -0.378 e. The number of hydrogen-bond donors (Lipinski definition) is 2. The first-order valence-electron chi connectivity index (χ1n) is 6.59. The number of anilines is 2. The van der Waals surface area contributed by atoms with Crippen LogP contribution in [0.1, 0.15) is 11.6 Å². The fourth-order valence-corrected chi connectivity index (χ4v) is 2.46. The largest absolute Gasteiger partial charge is 0.378 e. The molecule has 0 aliphatic rings. The van der Waals surface area contributed by atoms with Crippen LogP contribution in [-0.4, -0.2) is 20.6 Å². The van der Waals surface area contributed by atoms with Crippen molar-refractivity contribution in [1.82, 2.24) is 0 Å². The first-order valence-corrected chi connectivity index (χ1v) is 7.39. The number of benzene rings is 2. The second-order valence-corrected chi connectivity index (χ2v) is 5.84. The first-order chi connectivity index (χ1) is 9.60. The SMILES string of the molecule is CN(C)c1ccc(C(CN)Nc2cccc(Br)c2)cc1. The van der Waals surface area contributed by atoms with Crippen LogP contribution in [-0.2, 0) is 0 Å². The van der Waals surface area contributed by atoms with Crippen LogP contribution in [0.15, 0.2) is 53.0 Å². The van der Waals surface area contributed by atoms with Crippen molar-refractivity contribution in [2.24, 2.45) is 5.73 Å². The summed E-state index contributed by atoms with van der Waals surface area (Å²) in [6, 6.07) is 16.7. The predicted molar refractivity (Wildman–Crippen MR) is 90.3 cm³/mol. The Morgan fingerprint density at radius 2 is 1.85 bits per heavy atom. The van der Waals surface area contributed by atoms with Crippen LogP contribution in [0.5, 0.6) is 0 Å². The molecule has 1 unspecified atom stereocenters. The Morgan fingerprint density at radius 3 is 2.40 bits per heavy atom. The van der Waals surface area contributed by atoms with Crippen molar-refractivity contribution < 1.29 is 0 Å². The predicted octanol–water partition coefficient (Wildman–Crippen LogP) is 3.63. The number of nitrogens with zero attached hydrogens (tertiary/aromatic N) is 1. The molecule has 0 radical (unpaired) electrons. The van der Waals surface area contributed by atoms with Crippen molar-refractivity contribution in [2.75, 3.05) is 30.9 Å². The molecule has 0 fully saturated rings. The molecule has 3 N–H and O–H groups in total. The van der Waals surface area contributed by atoms with Crippen molar-refractivity contribution in [1.29, 1.82) is 0 Å². The van der Waals surface area contributed by atoms with E-state index >= 15 is 0 Å². The van der Waals surface area contributed by atoms with Crippen molar-refractivity contribution in [2.45, 2.75) is 6.04 Å². The zero-order valence-electron chi connectivity index (χ0n) is 11.8. The summed E-state index contributed by atoms with van der Waals surface area (Å²) >= 11 is 3.48. The van der Waals surface area contributed by atoms with Crippen LogP contribution in [0, 0.1) is 0 Å². The Labute approximate surface area is 128 Å². The molecule has 3 nitrogen and oxygen atoms in total. The summed E-state index contributed by atoms with van der Waals surface area (Å²) in [5, 5.41) is 3.47. The highest BCUT2D eigenvalue weighted by Gasteiger charge is 2.09. The first kappa shape index (κ1) is 14.9. The van der Waals surface area contributed by atoms with Gasteiger partial charge in [-0.05, 0) is 35.9 Å². The van der Waals surface area contributed by atoms with Gasteiger partial charge >= 0.3 is 0 Å². The van der Waals surface area contributed by atoms with Gasteiger partial charge in [-0.25, -0.2) is 0 Å².